The zero-order chi connectivity index (χ0) is 12.9. The number of rotatable bonds is 6. The summed E-state index contributed by atoms with van der Waals surface area (Å²) in [5.74, 6) is 0.948. The number of aliphatic hydroxyl groups excluding tert-OH is 1. The Hall–Kier alpha value is -1.06. The van der Waals surface area contributed by atoms with Crippen molar-refractivity contribution < 1.29 is 14.3 Å². The Bertz CT molecular complexity index is 350. The van der Waals surface area contributed by atoms with E-state index in [9.17, 15) is 0 Å². The van der Waals surface area contributed by atoms with Crippen molar-refractivity contribution in [2.45, 2.75) is 19.4 Å². The Balaban J connectivity index is 2.76. The molecule has 96 valence electrons. The number of methoxy groups -OCH3 is 1. The summed E-state index contributed by atoms with van der Waals surface area (Å²) in [5.41, 5.74) is 1.23. The Morgan fingerprint density at radius 1 is 1.29 bits per heavy atom. The van der Waals surface area contributed by atoms with Crippen LogP contribution in [-0.2, 0) is 6.42 Å². The maximum absolute atomic E-state index is 9.08. The average Bonchev–Trinajstić information content (AvgIpc) is 2.29. The molecule has 0 radical (unpaired) electrons. The smallest absolute Gasteiger partial charge is 0.122 e. The van der Waals surface area contributed by atoms with Crippen LogP contribution in [0.4, 0.5) is 0 Å². The van der Waals surface area contributed by atoms with Gasteiger partial charge in [0.05, 0.1) is 33.9 Å². The third-order valence-corrected chi connectivity index (χ3v) is 3.58. The van der Waals surface area contributed by atoms with Crippen molar-refractivity contribution in [1.29, 1.82) is 0 Å². The maximum atomic E-state index is 9.08. The van der Waals surface area contributed by atoms with E-state index in [0.717, 1.165) is 23.2 Å². The van der Waals surface area contributed by atoms with Gasteiger partial charge in [0.1, 0.15) is 12.3 Å². The van der Waals surface area contributed by atoms with Gasteiger partial charge >= 0.3 is 0 Å². The van der Waals surface area contributed by atoms with Crippen molar-refractivity contribution in [2.75, 3.05) is 34.4 Å². The van der Waals surface area contributed by atoms with Crippen LogP contribution < -0.4 is 4.74 Å². The number of hydrogen-bond acceptors (Lipinski definition) is 2. The number of aliphatic hydroxyl groups is 1. The maximum Gasteiger partial charge on any atom is 0.122 e. The minimum atomic E-state index is 0.225. The molecular formula is C14H24NO2+. The van der Waals surface area contributed by atoms with E-state index in [0.29, 0.717) is 6.04 Å². The molecule has 0 amide bonds. The van der Waals surface area contributed by atoms with Crippen LogP contribution in [0.5, 0.6) is 5.75 Å². The molecule has 0 aliphatic rings. The molecule has 17 heavy (non-hydrogen) atoms. The molecule has 0 saturated heterocycles. The fraction of sp³-hybridized carbons (Fsp3) is 0.571. The third-order valence-electron chi connectivity index (χ3n) is 3.58. The summed E-state index contributed by atoms with van der Waals surface area (Å²) in [6.07, 6.45) is 0.955. The van der Waals surface area contributed by atoms with E-state index in [-0.39, 0.29) is 6.61 Å². The van der Waals surface area contributed by atoms with Gasteiger partial charge in [0.25, 0.3) is 0 Å². The lowest BCUT2D eigenvalue weighted by atomic mass is 10.0. The van der Waals surface area contributed by atoms with Gasteiger partial charge in [0.2, 0.25) is 0 Å². The van der Waals surface area contributed by atoms with E-state index in [1.807, 2.05) is 18.2 Å². The molecule has 1 rings (SSSR count). The molecule has 0 aliphatic carbocycles. The number of benzene rings is 1. The summed E-state index contributed by atoms with van der Waals surface area (Å²) in [6.45, 7) is 3.21. The first-order valence-corrected chi connectivity index (χ1v) is 6.06. The van der Waals surface area contributed by atoms with Crippen molar-refractivity contribution in [1.82, 2.24) is 0 Å². The van der Waals surface area contributed by atoms with Crippen LogP contribution in [0.3, 0.4) is 0 Å². The molecule has 0 aromatic heterocycles. The molecule has 0 heterocycles. The third kappa shape index (κ3) is 3.72. The summed E-state index contributed by atoms with van der Waals surface area (Å²) in [7, 11) is 6.00. The highest BCUT2D eigenvalue weighted by atomic mass is 16.5. The standard InChI is InChI=1S/C14H24NO2/c1-12(15(2,3)9-10-16)11-13-7-5-6-8-14(13)17-4/h5-8,12,16H,9-11H2,1-4H3/q+1. The normalized spacial score (nSPS) is 13.5. The van der Waals surface area contributed by atoms with Crippen LogP contribution in [0, 0.1) is 0 Å². The summed E-state index contributed by atoms with van der Waals surface area (Å²) in [6, 6.07) is 8.57. The van der Waals surface area contributed by atoms with Crippen molar-refractivity contribution >= 4 is 0 Å². The van der Waals surface area contributed by atoms with E-state index >= 15 is 0 Å². The number of ether oxygens (including phenoxy) is 1. The molecule has 0 aliphatic heterocycles. The molecule has 0 spiro atoms. The predicted molar refractivity (Wildman–Crippen MR) is 70.2 cm³/mol. The number of para-hydroxylation sites is 1. The van der Waals surface area contributed by atoms with Gasteiger partial charge in [-0.1, -0.05) is 18.2 Å². The number of hydrogen-bond donors (Lipinski definition) is 1. The Morgan fingerprint density at radius 3 is 2.53 bits per heavy atom. The van der Waals surface area contributed by atoms with Gasteiger partial charge in [-0.15, -0.1) is 0 Å². The van der Waals surface area contributed by atoms with E-state index in [4.69, 9.17) is 9.84 Å². The molecule has 1 unspecified atom stereocenters. The second kappa shape index (κ2) is 6.03. The summed E-state index contributed by atoms with van der Waals surface area (Å²) in [4.78, 5) is 0. The number of likely N-dealkylation sites (N-methyl/N-ethyl adjacent to an activating group) is 1. The van der Waals surface area contributed by atoms with Crippen LogP contribution in [0.25, 0.3) is 0 Å². The molecule has 1 aromatic carbocycles. The van der Waals surface area contributed by atoms with Gasteiger partial charge in [-0.3, -0.25) is 0 Å². The molecule has 0 fully saturated rings. The van der Waals surface area contributed by atoms with E-state index in [1.54, 1.807) is 7.11 Å². The first-order valence-electron chi connectivity index (χ1n) is 6.06. The van der Waals surface area contributed by atoms with Crippen LogP contribution in [0.1, 0.15) is 12.5 Å². The lowest BCUT2D eigenvalue weighted by molar-refractivity contribution is -0.913. The van der Waals surface area contributed by atoms with Gasteiger partial charge in [-0.2, -0.15) is 0 Å². The molecule has 3 nitrogen and oxygen atoms in total. The van der Waals surface area contributed by atoms with Gasteiger partial charge in [-0.25, -0.2) is 0 Å². The largest absolute Gasteiger partial charge is 0.496 e. The Labute approximate surface area is 104 Å². The quantitative estimate of drug-likeness (QED) is 0.764. The highest BCUT2D eigenvalue weighted by Crippen LogP contribution is 2.21. The molecule has 1 N–H and O–H groups in total. The van der Waals surface area contributed by atoms with E-state index in [2.05, 4.69) is 27.1 Å². The second-order valence-corrected chi connectivity index (χ2v) is 5.09. The van der Waals surface area contributed by atoms with Crippen LogP contribution >= 0.6 is 0 Å². The molecular weight excluding hydrogens is 214 g/mol. The number of quaternary nitrogens is 1. The Morgan fingerprint density at radius 2 is 1.94 bits per heavy atom. The summed E-state index contributed by atoms with van der Waals surface area (Å²) in [5, 5.41) is 9.08. The van der Waals surface area contributed by atoms with Gasteiger partial charge in [0, 0.05) is 6.42 Å². The number of nitrogens with zero attached hydrogens (tertiary/aromatic N) is 1. The average molecular weight is 238 g/mol. The van der Waals surface area contributed by atoms with Gasteiger partial charge in [-0.05, 0) is 18.6 Å². The zero-order valence-electron chi connectivity index (χ0n) is 11.3. The molecule has 1 atom stereocenters. The SMILES string of the molecule is COc1ccccc1CC(C)[N+](C)(C)CCO. The van der Waals surface area contributed by atoms with Crippen LogP contribution in [0.2, 0.25) is 0 Å². The fourth-order valence-corrected chi connectivity index (χ4v) is 1.92. The molecule has 3 heteroatoms. The van der Waals surface area contributed by atoms with Gasteiger partial charge in [0.15, 0.2) is 0 Å². The zero-order valence-corrected chi connectivity index (χ0v) is 11.3. The topological polar surface area (TPSA) is 29.5 Å². The molecule has 1 aromatic rings. The van der Waals surface area contributed by atoms with Crippen molar-refractivity contribution in [3.63, 3.8) is 0 Å². The van der Waals surface area contributed by atoms with Crippen molar-refractivity contribution in [3.05, 3.63) is 29.8 Å². The second-order valence-electron chi connectivity index (χ2n) is 5.09. The van der Waals surface area contributed by atoms with E-state index in [1.165, 1.54) is 5.56 Å². The first kappa shape index (κ1) is 14.0. The summed E-state index contributed by atoms with van der Waals surface area (Å²) < 4.78 is 6.18. The predicted octanol–water partition coefficient (Wildman–Crippen LogP) is 1.69. The van der Waals surface area contributed by atoms with Crippen LogP contribution in [-0.4, -0.2) is 50.0 Å². The molecule has 0 saturated carbocycles. The van der Waals surface area contributed by atoms with E-state index < -0.39 is 0 Å². The lowest BCUT2D eigenvalue weighted by Crippen LogP contribution is -2.50. The first-order chi connectivity index (χ1) is 8.01. The summed E-state index contributed by atoms with van der Waals surface area (Å²) >= 11 is 0. The molecule has 0 bridgehead atoms. The highest BCUT2D eigenvalue weighted by molar-refractivity contribution is 5.33. The minimum absolute atomic E-state index is 0.225. The van der Waals surface area contributed by atoms with Gasteiger partial charge < -0.3 is 14.3 Å². The minimum Gasteiger partial charge on any atom is -0.496 e. The highest BCUT2D eigenvalue weighted by Gasteiger charge is 2.24. The van der Waals surface area contributed by atoms with Crippen LogP contribution in [0.15, 0.2) is 24.3 Å². The fourth-order valence-electron chi connectivity index (χ4n) is 1.92. The monoisotopic (exact) mass is 238 g/mol. The van der Waals surface area contributed by atoms with Crippen molar-refractivity contribution in [2.24, 2.45) is 0 Å². The lowest BCUT2D eigenvalue weighted by Gasteiger charge is -2.36. The van der Waals surface area contributed by atoms with Crippen molar-refractivity contribution in [3.8, 4) is 5.75 Å². The Kier molecular flexibility index (Phi) is 4.97.